The summed E-state index contributed by atoms with van der Waals surface area (Å²) in [4.78, 5) is 0. The minimum absolute atomic E-state index is 0.693. The van der Waals surface area contributed by atoms with E-state index < -0.39 is 0 Å². The molecule has 3 aromatic carbocycles. The molecule has 0 radical (unpaired) electrons. The van der Waals surface area contributed by atoms with E-state index in [0.29, 0.717) is 5.02 Å². The van der Waals surface area contributed by atoms with Crippen LogP contribution in [0.15, 0.2) is 85.1 Å². The molecule has 0 aliphatic rings. The van der Waals surface area contributed by atoms with Gasteiger partial charge in [0.05, 0.1) is 16.6 Å². The van der Waals surface area contributed by atoms with E-state index in [0.717, 1.165) is 44.5 Å². The molecule has 3 heterocycles. The molecule has 0 aliphatic carbocycles. The van der Waals surface area contributed by atoms with Gasteiger partial charge in [0.2, 0.25) is 0 Å². The average Bonchev–Trinajstić information content (AvgIpc) is 3.40. The topological polar surface area (TPSA) is 48.0 Å². The van der Waals surface area contributed by atoms with E-state index >= 15 is 0 Å². The van der Waals surface area contributed by atoms with E-state index in [1.807, 2.05) is 77.6 Å². The standard InChI is InChI=1S/C23H14ClN5/c24-16-12-10-15(11-13-16)22-25-26-23-19-14-28(17-6-2-1-3-7-17)27-21(19)18-8-4-5-9-20(18)29(22)23/h1-14H. The number of hydrogen-bond acceptors (Lipinski definition) is 3. The molecule has 0 saturated heterocycles. The molecule has 0 atom stereocenters. The maximum Gasteiger partial charge on any atom is 0.172 e. The number of rotatable bonds is 2. The van der Waals surface area contributed by atoms with Crippen LogP contribution in [-0.2, 0) is 0 Å². The van der Waals surface area contributed by atoms with Gasteiger partial charge in [-0.3, -0.25) is 4.40 Å². The first-order valence-electron chi connectivity index (χ1n) is 9.26. The lowest BCUT2D eigenvalue weighted by molar-refractivity contribution is 0.898. The highest BCUT2D eigenvalue weighted by atomic mass is 35.5. The normalized spacial score (nSPS) is 11.6. The lowest BCUT2D eigenvalue weighted by Crippen LogP contribution is -1.94. The maximum atomic E-state index is 6.07. The summed E-state index contributed by atoms with van der Waals surface area (Å²) in [5.74, 6) is 0.780. The highest BCUT2D eigenvalue weighted by Crippen LogP contribution is 2.32. The molecule has 6 heteroatoms. The zero-order valence-corrected chi connectivity index (χ0v) is 16.0. The van der Waals surface area contributed by atoms with Gasteiger partial charge in [0.25, 0.3) is 0 Å². The fourth-order valence-electron chi connectivity index (χ4n) is 3.79. The van der Waals surface area contributed by atoms with E-state index in [1.54, 1.807) is 0 Å². The van der Waals surface area contributed by atoms with Crippen LogP contribution in [-0.4, -0.2) is 24.4 Å². The Morgan fingerprint density at radius 1 is 0.724 bits per heavy atom. The van der Waals surface area contributed by atoms with E-state index in [1.165, 1.54) is 0 Å². The third-order valence-electron chi connectivity index (χ3n) is 5.14. The second-order valence-electron chi connectivity index (χ2n) is 6.88. The monoisotopic (exact) mass is 395 g/mol. The number of para-hydroxylation sites is 2. The van der Waals surface area contributed by atoms with Crippen molar-refractivity contribution in [2.75, 3.05) is 0 Å². The van der Waals surface area contributed by atoms with Crippen LogP contribution in [0.2, 0.25) is 5.02 Å². The van der Waals surface area contributed by atoms with Gasteiger partial charge in [-0.15, -0.1) is 10.2 Å². The molecule has 0 aliphatic heterocycles. The van der Waals surface area contributed by atoms with Gasteiger partial charge in [0.1, 0.15) is 5.52 Å². The number of fused-ring (bicyclic) bond motifs is 6. The maximum absolute atomic E-state index is 6.07. The first kappa shape index (κ1) is 16.3. The minimum Gasteiger partial charge on any atom is -0.274 e. The molecular formula is C23H14ClN5. The van der Waals surface area contributed by atoms with E-state index in [2.05, 4.69) is 26.7 Å². The molecule has 6 aromatic rings. The summed E-state index contributed by atoms with van der Waals surface area (Å²) in [6, 6.07) is 26.0. The fraction of sp³-hybridized carbons (Fsp3) is 0. The van der Waals surface area contributed by atoms with Crippen molar-refractivity contribution in [3.63, 3.8) is 0 Å². The van der Waals surface area contributed by atoms with Crippen molar-refractivity contribution in [2.24, 2.45) is 0 Å². The Labute approximate surface area is 170 Å². The van der Waals surface area contributed by atoms with Gasteiger partial charge in [-0.25, -0.2) is 4.68 Å². The molecule has 6 rings (SSSR count). The van der Waals surface area contributed by atoms with E-state index in [-0.39, 0.29) is 0 Å². The second kappa shape index (κ2) is 6.15. The van der Waals surface area contributed by atoms with Crippen molar-refractivity contribution in [3.8, 4) is 17.1 Å². The predicted octanol–water partition coefficient (Wildman–Crippen LogP) is 5.54. The molecule has 0 fully saturated rings. The third-order valence-corrected chi connectivity index (χ3v) is 5.39. The summed E-state index contributed by atoms with van der Waals surface area (Å²) in [6.45, 7) is 0. The van der Waals surface area contributed by atoms with Gasteiger partial charge in [-0.05, 0) is 42.5 Å². The van der Waals surface area contributed by atoms with Crippen molar-refractivity contribution >= 4 is 39.1 Å². The zero-order chi connectivity index (χ0) is 19.4. The van der Waals surface area contributed by atoms with Gasteiger partial charge in [0, 0.05) is 22.2 Å². The van der Waals surface area contributed by atoms with Crippen molar-refractivity contribution in [2.45, 2.75) is 0 Å². The molecule has 0 unspecified atom stereocenters. The number of aromatic nitrogens is 5. The molecule has 0 bridgehead atoms. The summed E-state index contributed by atoms with van der Waals surface area (Å²) in [6.07, 6.45) is 2.02. The minimum atomic E-state index is 0.693. The smallest absolute Gasteiger partial charge is 0.172 e. The summed E-state index contributed by atoms with van der Waals surface area (Å²) in [5.41, 5.74) is 4.67. The molecule has 0 N–H and O–H groups in total. The molecule has 0 saturated carbocycles. The van der Waals surface area contributed by atoms with Crippen molar-refractivity contribution in [3.05, 3.63) is 90.1 Å². The van der Waals surface area contributed by atoms with E-state index in [4.69, 9.17) is 16.7 Å². The second-order valence-corrected chi connectivity index (χ2v) is 7.31. The Kier molecular flexibility index (Phi) is 3.45. The molecule has 0 amide bonds. The lowest BCUT2D eigenvalue weighted by Gasteiger charge is -2.06. The Morgan fingerprint density at radius 2 is 1.48 bits per heavy atom. The quantitative estimate of drug-likeness (QED) is 0.386. The van der Waals surface area contributed by atoms with Crippen molar-refractivity contribution in [1.82, 2.24) is 24.4 Å². The van der Waals surface area contributed by atoms with Crippen LogP contribution in [0.4, 0.5) is 0 Å². The molecule has 3 aromatic heterocycles. The number of benzene rings is 3. The number of hydrogen-bond donors (Lipinski definition) is 0. The molecular weight excluding hydrogens is 382 g/mol. The fourth-order valence-corrected chi connectivity index (χ4v) is 3.92. The Bertz CT molecular complexity index is 1500. The Morgan fingerprint density at radius 3 is 2.31 bits per heavy atom. The van der Waals surface area contributed by atoms with Gasteiger partial charge in [0.15, 0.2) is 11.5 Å². The van der Waals surface area contributed by atoms with Gasteiger partial charge in [-0.1, -0.05) is 48.0 Å². The average molecular weight is 396 g/mol. The lowest BCUT2D eigenvalue weighted by atomic mass is 10.1. The summed E-state index contributed by atoms with van der Waals surface area (Å²) < 4.78 is 3.99. The highest BCUT2D eigenvalue weighted by Gasteiger charge is 2.18. The summed E-state index contributed by atoms with van der Waals surface area (Å²) in [5, 5.41) is 16.6. The Hall–Kier alpha value is -3.70. The van der Waals surface area contributed by atoms with Crippen LogP contribution >= 0.6 is 11.6 Å². The summed E-state index contributed by atoms with van der Waals surface area (Å²) >= 11 is 6.07. The van der Waals surface area contributed by atoms with E-state index in [9.17, 15) is 0 Å². The van der Waals surface area contributed by atoms with Crippen LogP contribution in [0, 0.1) is 0 Å². The molecule has 5 nitrogen and oxygen atoms in total. The van der Waals surface area contributed by atoms with Crippen LogP contribution < -0.4 is 0 Å². The van der Waals surface area contributed by atoms with Crippen LogP contribution in [0.25, 0.3) is 44.5 Å². The van der Waals surface area contributed by atoms with Gasteiger partial charge < -0.3 is 0 Å². The first-order chi connectivity index (χ1) is 14.3. The largest absolute Gasteiger partial charge is 0.274 e. The van der Waals surface area contributed by atoms with Crippen LogP contribution in [0.3, 0.4) is 0 Å². The van der Waals surface area contributed by atoms with Crippen LogP contribution in [0.1, 0.15) is 0 Å². The Balaban J connectivity index is 1.73. The zero-order valence-electron chi connectivity index (χ0n) is 15.2. The highest BCUT2D eigenvalue weighted by molar-refractivity contribution is 6.30. The van der Waals surface area contributed by atoms with Crippen LogP contribution in [0.5, 0.6) is 0 Å². The molecule has 29 heavy (non-hydrogen) atoms. The number of nitrogens with zero attached hydrogens (tertiary/aromatic N) is 5. The third kappa shape index (κ3) is 2.45. The SMILES string of the molecule is Clc1ccc(-c2nnc3c4cn(-c5ccccc5)nc4c4ccccc4n23)cc1. The molecule has 138 valence electrons. The van der Waals surface area contributed by atoms with Gasteiger partial charge in [-0.2, -0.15) is 5.10 Å². The van der Waals surface area contributed by atoms with Crippen molar-refractivity contribution in [1.29, 1.82) is 0 Å². The number of pyridine rings is 1. The predicted molar refractivity (Wildman–Crippen MR) is 116 cm³/mol. The van der Waals surface area contributed by atoms with Crippen molar-refractivity contribution < 1.29 is 0 Å². The molecule has 0 spiro atoms. The number of halogens is 1. The van der Waals surface area contributed by atoms with Gasteiger partial charge >= 0.3 is 0 Å². The summed E-state index contributed by atoms with van der Waals surface area (Å²) in [7, 11) is 0. The first-order valence-corrected chi connectivity index (χ1v) is 9.64.